The molecule has 2 aromatic rings. The summed E-state index contributed by atoms with van der Waals surface area (Å²) in [7, 11) is 1.85. The Morgan fingerprint density at radius 3 is 2.64 bits per heavy atom. The van der Waals surface area contributed by atoms with Gasteiger partial charge in [-0.1, -0.05) is 30.3 Å². The Morgan fingerprint density at radius 2 is 1.96 bits per heavy atom. The van der Waals surface area contributed by atoms with Gasteiger partial charge in [-0.15, -0.1) is 0 Å². The lowest BCUT2D eigenvalue weighted by Crippen LogP contribution is -2.44. The van der Waals surface area contributed by atoms with Gasteiger partial charge in [0.15, 0.2) is 5.82 Å². The highest BCUT2D eigenvalue weighted by atomic mass is 15.5. The minimum absolute atomic E-state index is 0.713. The number of anilines is 3. The lowest BCUT2D eigenvalue weighted by Gasteiger charge is -2.29. The molecule has 7 heteroatoms. The van der Waals surface area contributed by atoms with Crippen LogP contribution in [0.4, 0.5) is 17.6 Å². The quantitative estimate of drug-likeness (QED) is 0.618. The monoisotopic (exact) mass is 339 g/mol. The van der Waals surface area contributed by atoms with E-state index in [1.165, 1.54) is 5.56 Å². The van der Waals surface area contributed by atoms with Crippen LogP contribution in [-0.4, -0.2) is 49.9 Å². The first-order chi connectivity index (χ1) is 12.2. The molecule has 25 heavy (non-hydrogen) atoms. The van der Waals surface area contributed by atoms with Gasteiger partial charge in [0, 0.05) is 52.1 Å². The molecule has 3 rings (SSSR count). The molecule has 0 radical (unpaired) electrons. The Labute approximate surface area is 148 Å². The number of nitrogens with zero attached hydrogens (tertiary/aromatic N) is 5. The van der Waals surface area contributed by atoms with E-state index < -0.39 is 0 Å². The van der Waals surface area contributed by atoms with Crippen molar-refractivity contribution in [2.75, 3.05) is 48.5 Å². The summed E-state index contributed by atoms with van der Waals surface area (Å²) in [6, 6.07) is 10.3. The van der Waals surface area contributed by atoms with E-state index in [9.17, 15) is 0 Å². The average Bonchev–Trinajstić information content (AvgIpc) is 2.68. The van der Waals surface area contributed by atoms with E-state index in [4.69, 9.17) is 9.97 Å². The molecule has 0 spiro atoms. The highest BCUT2D eigenvalue weighted by Crippen LogP contribution is 2.26. The molecule has 0 unspecified atom stereocenters. The number of aromatic nitrogens is 2. The van der Waals surface area contributed by atoms with Gasteiger partial charge in [0.1, 0.15) is 5.82 Å². The van der Waals surface area contributed by atoms with Gasteiger partial charge < -0.3 is 15.5 Å². The fourth-order valence-electron chi connectivity index (χ4n) is 2.84. The van der Waals surface area contributed by atoms with Crippen molar-refractivity contribution in [3.05, 3.63) is 41.5 Å². The molecule has 0 saturated carbocycles. The molecule has 1 aromatic heterocycles. The summed E-state index contributed by atoms with van der Waals surface area (Å²) in [4.78, 5) is 11.7. The summed E-state index contributed by atoms with van der Waals surface area (Å²) in [5, 5.41) is 12.5. The molecule has 1 aliphatic heterocycles. The number of piperazine rings is 1. The van der Waals surface area contributed by atoms with Crippen molar-refractivity contribution in [1.29, 1.82) is 0 Å². The zero-order valence-electron chi connectivity index (χ0n) is 14.9. The number of hydrogen-bond acceptors (Lipinski definition) is 7. The molecule has 2 N–H and O–H groups in total. The van der Waals surface area contributed by atoms with Crippen LogP contribution < -0.4 is 20.5 Å². The van der Waals surface area contributed by atoms with Gasteiger partial charge in [-0.05, 0) is 12.5 Å². The van der Waals surface area contributed by atoms with Crippen molar-refractivity contribution in [3.63, 3.8) is 0 Å². The number of rotatable bonds is 6. The normalized spacial score (nSPS) is 14.2. The fraction of sp³-hybridized carbons (Fsp3) is 0.389. The van der Waals surface area contributed by atoms with Gasteiger partial charge in [-0.25, -0.2) is 0 Å². The van der Waals surface area contributed by atoms with Crippen LogP contribution in [0.5, 0.6) is 0 Å². The van der Waals surface area contributed by atoms with Gasteiger partial charge in [0.25, 0.3) is 0 Å². The van der Waals surface area contributed by atoms with Crippen molar-refractivity contribution >= 4 is 24.3 Å². The van der Waals surface area contributed by atoms with Gasteiger partial charge in [-0.2, -0.15) is 15.1 Å². The third-order valence-corrected chi connectivity index (χ3v) is 4.33. The molecule has 7 nitrogen and oxygen atoms in total. The lowest BCUT2D eigenvalue weighted by molar-refractivity contribution is 0.579. The molecule has 1 fully saturated rings. The van der Waals surface area contributed by atoms with Crippen LogP contribution in [-0.2, 0) is 6.54 Å². The summed E-state index contributed by atoms with van der Waals surface area (Å²) in [6.45, 7) is 10.0. The zero-order valence-corrected chi connectivity index (χ0v) is 14.9. The van der Waals surface area contributed by atoms with Crippen LogP contribution in [0.1, 0.15) is 11.1 Å². The minimum atomic E-state index is 0.713. The lowest BCUT2D eigenvalue weighted by atomic mass is 10.2. The van der Waals surface area contributed by atoms with Crippen LogP contribution in [0.15, 0.2) is 35.4 Å². The summed E-state index contributed by atoms with van der Waals surface area (Å²) < 4.78 is 0. The predicted molar refractivity (Wildman–Crippen MR) is 104 cm³/mol. The Morgan fingerprint density at radius 1 is 1.24 bits per heavy atom. The third-order valence-electron chi connectivity index (χ3n) is 4.33. The first kappa shape index (κ1) is 17.2. The van der Waals surface area contributed by atoms with Crippen molar-refractivity contribution in [3.8, 4) is 0 Å². The van der Waals surface area contributed by atoms with Crippen molar-refractivity contribution in [1.82, 2.24) is 15.3 Å². The van der Waals surface area contributed by atoms with Gasteiger partial charge in [0.2, 0.25) is 5.95 Å². The van der Waals surface area contributed by atoms with Crippen LogP contribution in [0.2, 0.25) is 0 Å². The maximum atomic E-state index is 4.78. The van der Waals surface area contributed by atoms with Crippen LogP contribution in [0.25, 0.3) is 0 Å². The van der Waals surface area contributed by atoms with E-state index in [0.29, 0.717) is 6.54 Å². The Balaban J connectivity index is 1.90. The number of hydrogen-bond donors (Lipinski definition) is 2. The number of hydrazone groups is 1. The molecule has 1 aliphatic rings. The smallest absolute Gasteiger partial charge is 0.229 e. The summed E-state index contributed by atoms with van der Waals surface area (Å²) >= 11 is 0. The second-order valence-corrected chi connectivity index (χ2v) is 6.06. The van der Waals surface area contributed by atoms with Gasteiger partial charge >= 0.3 is 0 Å². The van der Waals surface area contributed by atoms with Crippen molar-refractivity contribution < 1.29 is 0 Å². The SMILES string of the molecule is C=NN(C)c1nc(N2CCNCC2)nc(NCc2ccccc2)c1C. The maximum absolute atomic E-state index is 4.78. The summed E-state index contributed by atoms with van der Waals surface area (Å²) in [5.41, 5.74) is 2.17. The van der Waals surface area contributed by atoms with Gasteiger partial charge in [-0.3, -0.25) is 5.01 Å². The molecule has 1 saturated heterocycles. The fourth-order valence-corrected chi connectivity index (χ4v) is 2.84. The Bertz CT molecular complexity index is 711. The van der Waals surface area contributed by atoms with E-state index in [1.54, 1.807) is 5.01 Å². The second kappa shape index (κ2) is 7.94. The topological polar surface area (TPSA) is 68.7 Å². The average molecular weight is 339 g/mol. The molecule has 0 aliphatic carbocycles. The molecular weight excluding hydrogens is 314 g/mol. The first-order valence-corrected chi connectivity index (χ1v) is 8.51. The summed E-state index contributed by atoms with van der Waals surface area (Å²) in [5.74, 6) is 2.33. The third kappa shape index (κ3) is 4.06. The molecule has 0 atom stereocenters. The summed E-state index contributed by atoms with van der Waals surface area (Å²) in [6.07, 6.45) is 0. The van der Waals surface area contributed by atoms with Crippen molar-refractivity contribution in [2.45, 2.75) is 13.5 Å². The standard InChI is InChI=1S/C18H25N7/c1-14-16(21-13-15-7-5-4-6-8-15)22-18(23-17(14)24(3)19-2)25-11-9-20-10-12-25/h4-8,20H,2,9-13H2,1,3H3,(H,21,22,23). The highest BCUT2D eigenvalue weighted by Gasteiger charge is 2.19. The van der Waals surface area contributed by atoms with Crippen molar-refractivity contribution in [2.24, 2.45) is 5.10 Å². The Kier molecular flexibility index (Phi) is 5.45. The predicted octanol–water partition coefficient (Wildman–Crippen LogP) is 1.86. The second-order valence-electron chi connectivity index (χ2n) is 6.06. The molecular formula is C18H25N7. The number of nitrogens with one attached hydrogen (secondary N) is 2. The number of benzene rings is 1. The van der Waals surface area contributed by atoms with E-state index in [-0.39, 0.29) is 0 Å². The minimum Gasteiger partial charge on any atom is -0.366 e. The zero-order chi connectivity index (χ0) is 17.6. The largest absolute Gasteiger partial charge is 0.366 e. The van der Waals surface area contributed by atoms with Crippen LogP contribution in [0.3, 0.4) is 0 Å². The molecule has 1 aromatic carbocycles. The van der Waals surface area contributed by atoms with Crippen LogP contribution in [0, 0.1) is 6.92 Å². The maximum Gasteiger partial charge on any atom is 0.229 e. The molecule has 132 valence electrons. The van der Waals surface area contributed by atoms with E-state index in [1.807, 2.05) is 32.2 Å². The van der Waals surface area contributed by atoms with Crippen LogP contribution >= 0.6 is 0 Å². The van der Waals surface area contributed by atoms with Gasteiger partial charge in [0.05, 0.1) is 0 Å². The molecule has 0 amide bonds. The van der Waals surface area contributed by atoms with E-state index in [2.05, 4.69) is 39.5 Å². The Hall–Kier alpha value is -2.67. The molecule has 2 heterocycles. The molecule has 0 bridgehead atoms. The first-order valence-electron chi connectivity index (χ1n) is 8.51. The van der Waals surface area contributed by atoms with E-state index >= 15 is 0 Å². The highest BCUT2D eigenvalue weighted by molar-refractivity contribution is 5.62. The van der Waals surface area contributed by atoms with E-state index in [0.717, 1.165) is 49.3 Å².